The molecule has 5 nitrogen and oxygen atoms in total. The number of amides is 1. The Morgan fingerprint density at radius 2 is 2.00 bits per heavy atom. The number of nitrogens with one attached hydrogen (secondary N) is 1. The monoisotopic (exact) mass is 388 g/mol. The van der Waals surface area contributed by atoms with Crippen LogP contribution in [0, 0.1) is 0 Å². The zero-order valence-corrected chi connectivity index (χ0v) is 15.3. The third-order valence-electron chi connectivity index (χ3n) is 4.40. The Bertz CT molecular complexity index is 804. The third kappa shape index (κ3) is 6.04. The molecule has 1 aromatic carbocycles. The van der Waals surface area contributed by atoms with E-state index in [9.17, 15) is 13.6 Å². The minimum Gasteiger partial charge on any atom is -0.474 e. The van der Waals surface area contributed by atoms with E-state index in [1.54, 1.807) is 30.5 Å². The molecule has 1 saturated carbocycles. The van der Waals surface area contributed by atoms with Gasteiger partial charge in [-0.25, -0.2) is 4.98 Å². The summed E-state index contributed by atoms with van der Waals surface area (Å²) in [5.41, 5.74) is 1.23. The van der Waals surface area contributed by atoms with Crippen molar-refractivity contribution in [2.24, 2.45) is 0 Å². The van der Waals surface area contributed by atoms with Crippen LogP contribution in [0.3, 0.4) is 0 Å². The second-order valence-corrected chi connectivity index (χ2v) is 6.50. The van der Waals surface area contributed by atoms with Crippen LogP contribution in [0.25, 0.3) is 6.08 Å². The lowest BCUT2D eigenvalue weighted by Gasteiger charge is -2.12. The number of para-hydroxylation sites is 1. The fraction of sp³-hybridized carbons (Fsp3) is 0.333. The molecule has 0 bridgehead atoms. The van der Waals surface area contributed by atoms with Gasteiger partial charge >= 0.3 is 6.61 Å². The summed E-state index contributed by atoms with van der Waals surface area (Å²) in [7, 11) is 0. The summed E-state index contributed by atoms with van der Waals surface area (Å²) < 4.78 is 35.1. The molecular weight excluding hydrogens is 366 g/mol. The van der Waals surface area contributed by atoms with Crippen molar-refractivity contribution in [3.63, 3.8) is 0 Å². The number of hydrogen-bond acceptors (Lipinski definition) is 4. The van der Waals surface area contributed by atoms with Gasteiger partial charge in [-0.3, -0.25) is 4.79 Å². The number of ether oxygens (including phenoxy) is 2. The van der Waals surface area contributed by atoms with Gasteiger partial charge < -0.3 is 14.8 Å². The van der Waals surface area contributed by atoms with Crippen LogP contribution in [0.15, 0.2) is 48.7 Å². The molecule has 1 aliphatic carbocycles. The topological polar surface area (TPSA) is 60.5 Å². The van der Waals surface area contributed by atoms with Crippen molar-refractivity contribution in [1.29, 1.82) is 0 Å². The number of nitrogens with zero attached hydrogens (tertiary/aromatic N) is 1. The molecule has 0 saturated heterocycles. The Labute approximate surface area is 162 Å². The van der Waals surface area contributed by atoms with Crippen LogP contribution in [0.5, 0.6) is 11.6 Å². The molecule has 0 unspecified atom stereocenters. The summed E-state index contributed by atoms with van der Waals surface area (Å²) in [5, 5.41) is 2.73. The number of benzene rings is 1. The second-order valence-electron chi connectivity index (χ2n) is 6.50. The third-order valence-corrected chi connectivity index (χ3v) is 4.40. The Kier molecular flexibility index (Phi) is 6.94. The zero-order valence-electron chi connectivity index (χ0n) is 15.3. The first-order chi connectivity index (χ1) is 13.6. The summed E-state index contributed by atoms with van der Waals surface area (Å²) in [6.07, 6.45) is 9.15. The lowest BCUT2D eigenvalue weighted by Crippen LogP contribution is -2.20. The first-order valence-electron chi connectivity index (χ1n) is 9.21. The van der Waals surface area contributed by atoms with E-state index in [1.807, 2.05) is 6.07 Å². The van der Waals surface area contributed by atoms with Gasteiger partial charge in [-0.2, -0.15) is 8.78 Å². The van der Waals surface area contributed by atoms with Crippen LogP contribution in [-0.2, 0) is 11.3 Å². The average molecular weight is 388 g/mol. The molecule has 3 rings (SSSR count). The van der Waals surface area contributed by atoms with Gasteiger partial charge in [-0.1, -0.05) is 24.3 Å². The Morgan fingerprint density at radius 1 is 1.21 bits per heavy atom. The molecule has 1 amide bonds. The molecule has 1 heterocycles. The molecule has 1 fully saturated rings. The minimum atomic E-state index is -2.92. The fourth-order valence-corrected chi connectivity index (χ4v) is 3.00. The van der Waals surface area contributed by atoms with Crippen molar-refractivity contribution in [3.8, 4) is 11.6 Å². The molecule has 0 spiro atoms. The fourth-order valence-electron chi connectivity index (χ4n) is 3.00. The van der Waals surface area contributed by atoms with Crippen LogP contribution in [0.1, 0.15) is 36.8 Å². The van der Waals surface area contributed by atoms with Crippen LogP contribution < -0.4 is 14.8 Å². The standard InChI is InChI=1S/C21H22F2N2O3/c22-21(23)28-18-8-4-1-5-16(18)10-11-19(26)24-13-15-9-12-20(25-14-15)27-17-6-2-3-7-17/h1,4-5,8-12,14,17,21H,2-3,6-7,13H2,(H,24,26)/b11-10+. The van der Waals surface area contributed by atoms with E-state index >= 15 is 0 Å². The maximum atomic E-state index is 12.4. The molecule has 148 valence electrons. The van der Waals surface area contributed by atoms with Gasteiger partial charge in [0.05, 0.1) is 0 Å². The van der Waals surface area contributed by atoms with E-state index in [0.717, 1.165) is 18.4 Å². The van der Waals surface area contributed by atoms with Gasteiger partial charge in [0.15, 0.2) is 0 Å². The number of hydrogen-bond donors (Lipinski definition) is 1. The summed E-state index contributed by atoms with van der Waals surface area (Å²) in [6, 6.07) is 9.93. The highest BCUT2D eigenvalue weighted by Gasteiger charge is 2.16. The van der Waals surface area contributed by atoms with Gasteiger partial charge in [-0.15, -0.1) is 0 Å². The van der Waals surface area contributed by atoms with Crippen LogP contribution in [-0.4, -0.2) is 23.6 Å². The largest absolute Gasteiger partial charge is 0.474 e. The maximum absolute atomic E-state index is 12.4. The van der Waals surface area contributed by atoms with Crippen LogP contribution in [0.4, 0.5) is 8.78 Å². The molecule has 2 aromatic rings. The van der Waals surface area contributed by atoms with Gasteiger partial charge in [-0.05, 0) is 43.4 Å². The predicted molar refractivity (Wildman–Crippen MR) is 101 cm³/mol. The summed E-state index contributed by atoms with van der Waals surface area (Å²) in [4.78, 5) is 16.3. The van der Waals surface area contributed by atoms with Crippen molar-refractivity contribution >= 4 is 12.0 Å². The highest BCUT2D eigenvalue weighted by Crippen LogP contribution is 2.23. The van der Waals surface area contributed by atoms with E-state index in [4.69, 9.17) is 4.74 Å². The average Bonchev–Trinajstić information content (AvgIpc) is 3.19. The number of carbonyl (C=O) groups is 1. The van der Waals surface area contributed by atoms with Crippen molar-refractivity contribution < 1.29 is 23.0 Å². The predicted octanol–water partition coefficient (Wildman–Crippen LogP) is 4.33. The first kappa shape index (κ1) is 19.8. The summed E-state index contributed by atoms with van der Waals surface area (Å²) >= 11 is 0. The van der Waals surface area contributed by atoms with E-state index in [0.29, 0.717) is 18.0 Å². The van der Waals surface area contributed by atoms with Gasteiger partial charge in [0, 0.05) is 30.4 Å². The van der Waals surface area contributed by atoms with Crippen LogP contribution >= 0.6 is 0 Å². The molecule has 0 aliphatic heterocycles. The van der Waals surface area contributed by atoms with Gasteiger partial charge in [0.1, 0.15) is 11.9 Å². The number of alkyl halides is 2. The van der Waals surface area contributed by atoms with Crippen molar-refractivity contribution in [2.45, 2.75) is 44.9 Å². The number of pyridine rings is 1. The number of rotatable bonds is 8. The normalized spacial score (nSPS) is 14.5. The number of carbonyl (C=O) groups excluding carboxylic acids is 1. The molecular formula is C21H22F2N2O3. The highest BCUT2D eigenvalue weighted by molar-refractivity contribution is 5.92. The molecule has 1 aromatic heterocycles. The highest BCUT2D eigenvalue weighted by atomic mass is 19.3. The SMILES string of the molecule is O=C(/C=C/c1ccccc1OC(F)F)NCc1ccc(OC2CCCC2)nc1. The summed E-state index contributed by atoms with van der Waals surface area (Å²) in [6.45, 7) is -2.62. The van der Waals surface area contributed by atoms with E-state index in [2.05, 4.69) is 15.0 Å². The Morgan fingerprint density at radius 3 is 2.71 bits per heavy atom. The lowest BCUT2D eigenvalue weighted by molar-refractivity contribution is -0.116. The Hall–Kier alpha value is -2.96. The number of halogens is 2. The van der Waals surface area contributed by atoms with Gasteiger partial charge in [0.2, 0.25) is 11.8 Å². The zero-order chi connectivity index (χ0) is 19.8. The van der Waals surface area contributed by atoms with Crippen molar-refractivity contribution in [2.75, 3.05) is 0 Å². The van der Waals surface area contributed by atoms with Crippen molar-refractivity contribution in [3.05, 3.63) is 59.8 Å². The second kappa shape index (κ2) is 9.82. The maximum Gasteiger partial charge on any atom is 0.387 e. The lowest BCUT2D eigenvalue weighted by atomic mass is 10.2. The Balaban J connectivity index is 1.49. The van der Waals surface area contributed by atoms with Gasteiger partial charge in [0.25, 0.3) is 0 Å². The molecule has 1 N–H and O–H groups in total. The minimum absolute atomic E-state index is 0.0172. The summed E-state index contributed by atoms with van der Waals surface area (Å²) in [5.74, 6) is 0.263. The molecule has 0 radical (unpaired) electrons. The molecule has 0 atom stereocenters. The van der Waals surface area contributed by atoms with Crippen LogP contribution in [0.2, 0.25) is 0 Å². The first-order valence-corrected chi connectivity index (χ1v) is 9.21. The van der Waals surface area contributed by atoms with E-state index in [1.165, 1.54) is 31.1 Å². The molecule has 7 heteroatoms. The quantitative estimate of drug-likeness (QED) is 0.684. The smallest absolute Gasteiger partial charge is 0.387 e. The van der Waals surface area contributed by atoms with E-state index < -0.39 is 6.61 Å². The van der Waals surface area contributed by atoms with Crippen molar-refractivity contribution in [1.82, 2.24) is 10.3 Å². The molecule has 1 aliphatic rings. The van der Waals surface area contributed by atoms with E-state index in [-0.39, 0.29) is 17.8 Å². The molecule has 28 heavy (non-hydrogen) atoms. The number of aromatic nitrogens is 1.